The smallest absolute Gasteiger partial charge is 0.321 e. The number of halogens is 4. The zero-order valence-corrected chi connectivity index (χ0v) is 14.6. The van der Waals surface area contributed by atoms with Gasteiger partial charge in [0.1, 0.15) is 6.04 Å². The second-order valence-corrected chi connectivity index (χ2v) is 6.57. The van der Waals surface area contributed by atoms with Crippen LogP contribution in [-0.4, -0.2) is 25.5 Å². The zero-order valence-electron chi connectivity index (χ0n) is 13.9. The Morgan fingerprint density at radius 2 is 2.08 bits per heavy atom. The van der Waals surface area contributed by atoms with Gasteiger partial charge in [0, 0.05) is 13.0 Å². The summed E-state index contributed by atoms with van der Waals surface area (Å²) in [4.78, 5) is 12.5. The maximum atomic E-state index is 13.1. The van der Waals surface area contributed by atoms with Gasteiger partial charge in [-0.25, -0.2) is 0 Å². The van der Waals surface area contributed by atoms with E-state index in [2.05, 4.69) is 15.5 Å². The normalized spacial score (nSPS) is 16.1. The number of hydrogen-bond donors (Lipinski definition) is 1. The van der Waals surface area contributed by atoms with Crippen LogP contribution in [0.25, 0.3) is 0 Å². The summed E-state index contributed by atoms with van der Waals surface area (Å²) in [7, 11) is 1.72. The van der Waals surface area contributed by atoms with Gasteiger partial charge in [0.05, 0.1) is 28.3 Å². The third-order valence-electron chi connectivity index (χ3n) is 4.36. The molecule has 1 amide bonds. The molecule has 0 aliphatic heterocycles. The predicted octanol–water partition coefficient (Wildman–Crippen LogP) is 3.67. The molecule has 136 valence electrons. The summed E-state index contributed by atoms with van der Waals surface area (Å²) in [6, 6.07) is -0.941. The topological polar surface area (TPSA) is 64.7 Å². The third kappa shape index (κ3) is 3.24. The summed E-state index contributed by atoms with van der Waals surface area (Å²) >= 11 is 5.94. The van der Waals surface area contributed by atoms with E-state index in [1.165, 1.54) is 13.1 Å². The van der Waals surface area contributed by atoms with Gasteiger partial charge >= 0.3 is 6.18 Å². The predicted molar refractivity (Wildman–Crippen MR) is 85.5 cm³/mol. The molecule has 1 fully saturated rings. The lowest BCUT2D eigenvalue weighted by molar-refractivity contribution is -0.141. The number of alkyl halides is 3. The van der Waals surface area contributed by atoms with E-state index in [4.69, 9.17) is 11.6 Å². The fourth-order valence-corrected chi connectivity index (χ4v) is 2.98. The largest absolute Gasteiger partial charge is 0.436 e. The number of aryl methyl sites for hydroxylation is 1. The Morgan fingerprint density at radius 3 is 2.56 bits per heavy atom. The van der Waals surface area contributed by atoms with Gasteiger partial charge in [-0.3, -0.25) is 14.2 Å². The summed E-state index contributed by atoms with van der Waals surface area (Å²) in [5, 5.41) is 9.89. The highest BCUT2D eigenvalue weighted by Crippen LogP contribution is 2.47. The number of amides is 1. The summed E-state index contributed by atoms with van der Waals surface area (Å²) in [6.45, 7) is 3.27. The van der Waals surface area contributed by atoms with E-state index in [0.717, 1.165) is 23.2 Å². The summed E-state index contributed by atoms with van der Waals surface area (Å²) in [6.07, 6.45) is -1.71. The van der Waals surface area contributed by atoms with Gasteiger partial charge in [0.15, 0.2) is 5.69 Å². The molecule has 1 aliphatic rings. The third-order valence-corrected chi connectivity index (χ3v) is 4.73. The van der Waals surface area contributed by atoms with Crippen LogP contribution in [0.1, 0.15) is 48.8 Å². The van der Waals surface area contributed by atoms with Gasteiger partial charge in [0.25, 0.3) is 0 Å². The van der Waals surface area contributed by atoms with Crippen molar-refractivity contribution in [1.82, 2.24) is 19.6 Å². The molecule has 0 saturated heterocycles. The van der Waals surface area contributed by atoms with Crippen molar-refractivity contribution in [2.24, 2.45) is 7.05 Å². The van der Waals surface area contributed by atoms with Gasteiger partial charge < -0.3 is 5.32 Å². The molecule has 25 heavy (non-hydrogen) atoms. The monoisotopic (exact) mass is 375 g/mol. The molecule has 2 heterocycles. The highest BCUT2D eigenvalue weighted by atomic mass is 35.5. The van der Waals surface area contributed by atoms with Crippen molar-refractivity contribution in [2.45, 2.75) is 44.8 Å². The van der Waals surface area contributed by atoms with Crippen molar-refractivity contribution < 1.29 is 18.0 Å². The van der Waals surface area contributed by atoms with Gasteiger partial charge in [-0.15, -0.1) is 0 Å². The minimum Gasteiger partial charge on any atom is -0.321 e. The van der Waals surface area contributed by atoms with Crippen molar-refractivity contribution in [3.05, 3.63) is 28.3 Å². The second kappa shape index (κ2) is 6.05. The second-order valence-electron chi connectivity index (χ2n) is 6.20. The van der Waals surface area contributed by atoms with E-state index in [9.17, 15) is 18.0 Å². The highest BCUT2D eigenvalue weighted by molar-refractivity contribution is 6.32. The number of aromatic nitrogens is 4. The lowest BCUT2D eigenvalue weighted by atomic mass is 10.2. The van der Waals surface area contributed by atoms with Gasteiger partial charge in [-0.05, 0) is 26.7 Å². The fourth-order valence-electron chi connectivity index (χ4n) is 2.60. The van der Waals surface area contributed by atoms with Crippen LogP contribution >= 0.6 is 11.6 Å². The Hall–Kier alpha value is -2.03. The average Bonchev–Trinajstić information content (AvgIpc) is 3.23. The molecule has 1 N–H and O–H groups in total. The number of hydrogen-bond acceptors (Lipinski definition) is 3. The number of nitrogens with one attached hydrogen (secondary N) is 1. The first kappa shape index (κ1) is 17.8. The molecular weight excluding hydrogens is 359 g/mol. The maximum absolute atomic E-state index is 13.1. The molecule has 2 aromatic heterocycles. The van der Waals surface area contributed by atoms with Gasteiger partial charge in [-0.1, -0.05) is 11.6 Å². The van der Waals surface area contributed by atoms with E-state index >= 15 is 0 Å². The van der Waals surface area contributed by atoms with E-state index in [1.807, 2.05) is 0 Å². The van der Waals surface area contributed by atoms with E-state index in [0.29, 0.717) is 5.69 Å². The standard InChI is InChI=1S/C15H17ClF3N5O/c1-7-10(6-20-23(7)3)21-14(25)8(2)24-12(9-4-5-9)11(16)13(22-24)15(17,18)19/h6,8-9H,4-5H2,1-3H3,(H,21,25)/t8-/m1/s1. The average molecular weight is 376 g/mol. The van der Waals surface area contributed by atoms with E-state index in [-0.39, 0.29) is 11.6 Å². The molecule has 0 radical (unpaired) electrons. The summed E-state index contributed by atoms with van der Waals surface area (Å²) in [5.74, 6) is -0.572. The van der Waals surface area contributed by atoms with Crippen LogP contribution in [0, 0.1) is 6.92 Å². The lowest BCUT2D eigenvalue weighted by Gasteiger charge is -2.15. The van der Waals surface area contributed by atoms with Crippen molar-refractivity contribution in [1.29, 1.82) is 0 Å². The molecule has 0 spiro atoms. The number of rotatable bonds is 4. The minimum atomic E-state index is -4.66. The Morgan fingerprint density at radius 1 is 1.44 bits per heavy atom. The first-order valence-electron chi connectivity index (χ1n) is 7.75. The molecule has 1 aliphatic carbocycles. The molecule has 1 saturated carbocycles. The summed E-state index contributed by atoms with van der Waals surface area (Å²) in [5.41, 5.74) is 0.367. The molecule has 1 atom stereocenters. The quantitative estimate of drug-likeness (QED) is 0.886. The Balaban J connectivity index is 1.92. The zero-order chi connectivity index (χ0) is 18.5. The number of anilines is 1. The van der Waals surface area contributed by atoms with Crippen LogP contribution in [0.15, 0.2) is 6.20 Å². The van der Waals surface area contributed by atoms with Crippen molar-refractivity contribution in [3.8, 4) is 0 Å². The molecule has 0 aromatic carbocycles. The number of carbonyl (C=O) groups is 1. The maximum Gasteiger partial charge on any atom is 0.436 e. The SMILES string of the molecule is Cc1c(NC(=O)[C@@H](C)n2nc(C(F)(F)F)c(Cl)c2C2CC2)cnn1C. The van der Waals surface area contributed by atoms with Crippen LogP contribution in [0.3, 0.4) is 0 Å². The van der Waals surface area contributed by atoms with Crippen molar-refractivity contribution >= 4 is 23.2 Å². The van der Waals surface area contributed by atoms with Gasteiger partial charge in [0.2, 0.25) is 5.91 Å². The minimum absolute atomic E-state index is 0.0912. The first-order chi connectivity index (χ1) is 11.6. The molecular formula is C15H17ClF3N5O. The van der Waals surface area contributed by atoms with Crippen LogP contribution in [-0.2, 0) is 18.0 Å². The Kier molecular flexibility index (Phi) is 4.30. The number of carbonyl (C=O) groups excluding carboxylic acids is 1. The molecule has 3 rings (SSSR count). The van der Waals surface area contributed by atoms with Crippen molar-refractivity contribution in [3.63, 3.8) is 0 Å². The highest BCUT2D eigenvalue weighted by Gasteiger charge is 2.43. The lowest BCUT2D eigenvalue weighted by Crippen LogP contribution is -2.26. The molecule has 6 nitrogen and oxygen atoms in total. The van der Waals surface area contributed by atoms with Crippen LogP contribution in [0.5, 0.6) is 0 Å². The first-order valence-corrected chi connectivity index (χ1v) is 8.13. The van der Waals surface area contributed by atoms with E-state index in [1.54, 1.807) is 18.7 Å². The van der Waals surface area contributed by atoms with Crippen LogP contribution in [0.2, 0.25) is 5.02 Å². The number of nitrogens with zero attached hydrogens (tertiary/aromatic N) is 4. The molecule has 2 aromatic rings. The van der Waals surface area contributed by atoms with Crippen LogP contribution in [0.4, 0.5) is 18.9 Å². The molecule has 0 unspecified atom stereocenters. The van der Waals surface area contributed by atoms with E-state index < -0.39 is 28.8 Å². The molecule has 10 heteroatoms. The van der Waals surface area contributed by atoms with Gasteiger partial charge in [-0.2, -0.15) is 23.4 Å². The van der Waals surface area contributed by atoms with Crippen molar-refractivity contribution in [2.75, 3.05) is 5.32 Å². The fraction of sp³-hybridized carbons (Fsp3) is 0.533. The molecule has 0 bridgehead atoms. The Bertz CT molecular complexity index is 822. The van der Waals surface area contributed by atoms with Crippen LogP contribution < -0.4 is 5.32 Å². The summed E-state index contributed by atoms with van der Waals surface area (Å²) < 4.78 is 42.0. The Labute approximate surface area is 146 Å².